The fraction of sp³-hybridized carbons (Fsp3) is 0.312. The Hall–Kier alpha value is -2.07. The smallest absolute Gasteiger partial charge is 0.0821 e. The van der Waals surface area contributed by atoms with E-state index in [1.165, 1.54) is 16.5 Å². The second-order valence-electron chi connectivity index (χ2n) is 5.10. The Morgan fingerprint density at radius 1 is 1.15 bits per heavy atom. The number of hydrogen-bond donors (Lipinski definition) is 1. The molecule has 0 spiro atoms. The number of aryl methyl sites for hydroxylation is 1. The van der Waals surface area contributed by atoms with Gasteiger partial charge in [-0.25, -0.2) is 0 Å². The number of rotatable bonds is 5. The molecular formula is C16H20N4. The standard InChI is InChI=1S/C16H20N4/c1-3-17-11-13-4-5-16-14(10-13)6-9-20(16)12-15-7-8-19(2)18-15/h4-10,17H,3,11-12H2,1-2H3. The first-order chi connectivity index (χ1) is 9.76. The van der Waals surface area contributed by atoms with Crippen molar-refractivity contribution in [2.75, 3.05) is 6.54 Å². The highest BCUT2D eigenvalue weighted by Crippen LogP contribution is 2.18. The highest BCUT2D eigenvalue weighted by Gasteiger charge is 2.04. The minimum absolute atomic E-state index is 0.816. The molecule has 0 unspecified atom stereocenters. The summed E-state index contributed by atoms with van der Waals surface area (Å²) in [4.78, 5) is 0. The summed E-state index contributed by atoms with van der Waals surface area (Å²) in [6.45, 7) is 4.87. The summed E-state index contributed by atoms with van der Waals surface area (Å²) in [7, 11) is 1.95. The third kappa shape index (κ3) is 2.60. The highest BCUT2D eigenvalue weighted by molar-refractivity contribution is 5.81. The summed E-state index contributed by atoms with van der Waals surface area (Å²) in [6.07, 6.45) is 4.12. The van der Waals surface area contributed by atoms with Gasteiger partial charge in [-0.2, -0.15) is 5.10 Å². The summed E-state index contributed by atoms with van der Waals surface area (Å²) >= 11 is 0. The van der Waals surface area contributed by atoms with Gasteiger partial charge in [-0.15, -0.1) is 0 Å². The minimum Gasteiger partial charge on any atom is -0.341 e. The molecule has 4 nitrogen and oxygen atoms in total. The van der Waals surface area contributed by atoms with E-state index in [0.717, 1.165) is 25.3 Å². The Balaban J connectivity index is 1.85. The lowest BCUT2D eigenvalue weighted by Gasteiger charge is -2.05. The second-order valence-corrected chi connectivity index (χ2v) is 5.10. The Morgan fingerprint density at radius 2 is 2.05 bits per heavy atom. The molecule has 1 aromatic carbocycles. The third-order valence-corrected chi connectivity index (χ3v) is 3.52. The van der Waals surface area contributed by atoms with Crippen LogP contribution in [-0.4, -0.2) is 20.9 Å². The lowest BCUT2D eigenvalue weighted by molar-refractivity contribution is 0.716. The van der Waals surface area contributed by atoms with E-state index in [9.17, 15) is 0 Å². The van der Waals surface area contributed by atoms with Crippen molar-refractivity contribution in [2.24, 2.45) is 7.05 Å². The molecule has 4 heteroatoms. The SMILES string of the molecule is CCNCc1ccc2c(ccn2Cc2ccn(C)n2)c1. The molecule has 0 radical (unpaired) electrons. The first-order valence-electron chi connectivity index (χ1n) is 7.03. The average Bonchev–Trinajstić information content (AvgIpc) is 3.04. The van der Waals surface area contributed by atoms with Gasteiger partial charge in [0.15, 0.2) is 0 Å². The Labute approximate surface area is 119 Å². The fourth-order valence-electron chi connectivity index (χ4n) is 2.49. The number of nitrogens with one attached hydrogen (secondary N) is 1. The molecule has 0 saturated heterocycles. The van der Waals surface area contributed by atoms with Crippen LogP contribution in [0.1, 0.15) is 18.2 Å². The molecule has 0 atom stereocenters. The molecule has 0 saturated carbocycles. The van der Waals surface area contributed by atoms with Crippen LogP contribution in [0.4, 0.5) is 0 Å². The van der Waals surface area contributed by atoms with Gasteiger partial charge in [-0.05, 0) is 41.8 Å². The molecule has 0 fully saturated rings. The van der Waals surface area contributed by atoms with Crippen LogP contribution in [0, 0.1) is 0 Å². The van der Waals surface area contributed by atoms with Crippen molar-refractivity contribution in [3.8, 4) is 0 Å². The van der Waals surface area contributed by atoms with Gasteiger partial charge < -0.3 is 9.88 Å². The summed E-state index contributed by atoms with van der Waals surface area (Å²) in [5.41, 5.74) is 3.67. The van der Waals surface area contributed by atoms with Crippen molar-refractivity contribution in [1.82, 2.24) is 19.7 Å². The van der Waals surface area contributed by atoms with Crippen molar-refractivity contribution in [1.29, 1.82) is 0 Å². The van der Waals surface area contributed by atoms with E-state index in [1.807, 2.05) is 17.9 Å². The largest absolute Gasteiger partial charge is 0.341 e. The van der Waals surface area contributed by atoms with Crippen LogP contribution in [0.3, 0.4) is 0 Å². The second kappa shape index (κ2) is 5.51. The van der Waals surface area contributed by atoms with Crippen molar-refractivity contribution >= 4 is 10.9 Å². The van der Waals surface area contributed by atoms with E-state index in [-0.39, 0.29) is 0 Å². The van der Waals surface area contributed by atoms with Crippen molar-refractivity contribution in [3.63, 3.8) is 0 Å². The Morgan fingerprint density at radius 3 is 2.80 bits per heavy atom. The van der Waals surface area contributed by atoms with Gasteiger partial charge in [0.2, 0.25) is 0 Å². The number of fused-ring (bicyclic) bond motifs is 1. The average molecular weight is 268 g/mol. The third-order valence-electron chi connectivity index (χ3n) is 3.52. The van der Waals surface area contributed by atoms with E-state index in [0.29, 0.717) is 0 Å². The molecule has 2 aromatic heterocycles. The number of aromatic nitrogens is 3. The summed E-state index contributed by atoms with van der Waals surface area (Å²) < 4.78 is 4.09. The van der Waals surface area contributed by atoms with E-state index in [4.69, 9.17) is 0 Å². The molecular weight excluding hydrogens is 248 g/mol. The molecule has 20 heavy (non-hydrogen) atoms. The lowest BCUT2D eigenvalue weighted by atomic mass is 10.1. The van der Waals surface area contributed by atoms with Gasteiger partial charge in [0.05, 0.1) is 12.2 Å². The molecule has 3 aromatic rings. The van der Waals surface area contributed by atoms with Gasteiger partial charge in [0, 0.05) is 31.5 Å². The molecule has 0 bridgehead atoms. The fourth-order valence-corrected chi connectivity index (χ4v) is 2.49. The monoisotopic (exact) mass is 268 g/mol. The lowest BCUT2D eigenvalue weighted by Crippen LogP contribution is -2.11. The predicted octanol–water partition coefficient (Wildman–Crippen LogP) is 2.53. The zero-order chi connectivity index (χ0) is 13.9. The number of benzene rings is 1. The maximum Gasteiger partial charge on any atom is 0.0821 e. The van der Waals surface area contributed by atoms with Crippen LogP contribution >= 0.6 is 0 Å². The molecule has 1 N–H and O–H groups in total. The molecule has 0 amide bonds. The Bertz CT molecular complexity index is 708. The normalized spacial score (nSPS) is 11.3. The van der Waals surface area contributed by atoms with Crippen molar-refractivity contribution in [2.45, 2.75) is 20.0 Å². The van der Waals surface area contributed by atoms with Gasteiger partial charge in [0.1, 0.15) is 0 Å². The van der Waals surface area contributed by atoms with Crippen LogP contribution in [-0.2, 0) is 20.1 Å². The van der Waals surface area contributed by atoms with Crippen LogP contribution in [0.15, 0.2) is 42.7 Å². The summed E-state index contributed by atoms with van der Waals surface area (Å²) in [5.74, 6) is 0. The van der Waals surface area contributed by atoms with Gasteiger partial charge in [0.25, 0.3) is 0 Å². The van der Waals surface area contributed by atoms with Gasteiger partial charge in [-0.1, -0.05) is 13.0 Å². The van der Waals surface area contributed by atoms with Crippen LogP contribution in [0.2, 0.25) is 0 Å². The summed E-state index contributed by atoms with van der Waals surface area (Å²) in [6, 6.07) is 10.9. The van der Waals surface area contributed by atoms with Gasteiger partial charge in [-0.3, -0.25) is 4.68 Å². The zero-order valence-corrected chi connectivity index (χ0v) is 12.0. The predicted molar refractivity (Wildman–Crippen MR) is 81.6 cm³/mol. The van der Waals surface area contributed by atoms with E-state index in [1.54, 1.807) is 0 Å². The number of hydrogen-bond acceptors (Lipinski definition) is 2. The number of nitrogens with zero attached hydrogens (tertiary/aromatic N) is 3. The van der Waals surface area contributed by atoms with Crippen LogP contribution < -0.4 is 5.32 Å². The van der Waals surface area contributed by atoms with Gasteiger partial charge >= 0.3 is 0 Å². The molecule has 2 heterocycles. The Kier molecular flexibility index (Phi) is 3.56. The summed E-state index contributed by atoms with van der Waals surface area (Å²) in [5, 5.41) is 9.08. The van der Waals surface area contributed by atoms with Crippen LogP contribution in [0.5, 0.6) is 0 Å². The highest BCUT2D eigenvalue weighted by atomic mass is 15.3. The quantitative estimate of drug-likeness (QED) is 0.771. The topological polar surface area (TPSA) is 34.8 Å². The van der Waals surface area contributed by atoms with E-state index >= 15 is 0 Å². The van der Waals surface area contributed by atoms with Crippen LogP contribution in [0.25, 0.3) is 10.9 Å². The zero-order valence-electron chi connectivity index (χ0n) is 12.0. The minimum atomic E-state index is 0.816. The first-order valence-corrected chi connectivity index (χ1v) is 7.03. The van der Waals surface area contributed by atoms with E-state index < -0.39 is 0 Å². The maximum absolute atomic E-state index is 4.44. The molecule has 0 aliphatic carbocycles. The molecule has 0 aliphatic rings. The van der Waals surface area contributed by atoms with Crippen molar-refractivity contribution in [3.05, 3.63) is 54.0 Å². The molecule has 0 aliphatic heterocycles. The first kappa shape index (κ1) is 12.9. The molecule has 3 rings (SSSR count). The maximum atomic E-state index is 4.44. The molecule has 104 valence electrons. The van der Waals surface area contributed by atoms with Crippen molar-refractivity contribution < 1.29 is 0 Å². The van der Waals surface area contributed by atoms with E-state index in [2.05, 4.69) is 58.4 Å².